The molecule has 11 heteroatoms. The molecule has 0 aliphatic carbocycles. The van der Waals surface area contributed by atoms with Gasteiger partial charge in [-0.05, 0) is 51.3 Å². The first-order valence-corrected chi connectivity index (χ1v) is 12.5. The second kappa shape index (κ2) is 11.7. The van der Waals surface area contributed by atoms with Gasteiger partial charge in [0.2, 0.25) is 0 Å². The molecule has 0 saturated carbocycles. The molecule has 0 bridgehead atoms. The van der Waals surface area contributed by atoms with E-state index in [9.17, 15) is 4.79 Å². The molecule has 156 valence electrons. The summed E-state index contributed by atoms with van der Waals surface area (Å²) in [5.74, 6) is 1.43. The van der Waals surface area contributed by atoms with Crippen LogP contribution >= 0.6 is 62.4 Å². The Balaban J connectivity index is 1.43. The number of nitrogens with zero attached hydrogens (tertiary/aromatic N) is 3. The number of thioether (sulfide) groups is 2. The zero-order valence-electron chi connectivity index (χ0n) is 15.7. The number of hydrogen-bond acceptors (Lipinski definition) is 8. The second-order valence-corrected chi connectivity index (χ2v) is 10.4. The summed E-state index contributed by atoms with van der Waals surface area (Å²) >= 11 is 13.9. The quantitative estimate of drug-likeness (QED) is 0.218. The molecule has 3 rings (SSSR count). The van der Waals surface area contributed by atoms with E-state index < -0.39 is 0 Å². The lowest BCUT2D eigenvalue weighted by molar-refractivity contribution is -0.118. The van der Waals surface area contributed by atoms with Gasteiger partial charge in [-0.2, -0.15) is 5.10 Å². The van der Waals surface area contributed by atoms with Crippen LogP contribution in [-0.2, 0) is 10.5 Å². The second-order valence-electron chi connectivity index (χ2n) is 5.69. The van der Waals surface area contributed by atoms with Crippen LogP contribution in [-0.4, -0.2) is 35.2 Å². The first-order valence-electron chi connectivity index (χ1n) is 8.53. The molecule has 0 aliphatic heterocycles. The van der Waals surface area contributed by atoms with Crippen LogP contribution in [0.25, 0.3) is 0 Å². The third-order valence-corrected chi connectivity index (χ3v) is 7.83. The summed E-state index contributed by atoms with van der Waals surface area (Å²) in [5.41, 5.74) is 4.39. The summed E-state index contributed by atoms with van der Waals surface area (Å²) in [6, 6.07) is 13.2. The van der Waals surface area contributed by atoms with Crippen LogP contribution in [0, 0.1) is 0 Å². The lowest BCUT2D eigenvalue weighted by atomic mass is 10.2. The zero-order valence-corrected chi connectivity index (χ0v) is 20.5. The van der Waals surface area contributed by atoms with Gasteiger partial charge in [-0.1, -0.05) is 64.7 Å². The molecule has 1 N–H and O–H groups in total. The van der Waals surface area contributed by atoms with Crippen molar-refractivity contribution in [2.24, 2.45) is 5.10 Å². The molecule has 1 amide bonds. The van der Waals surface area contributed by atoms with Gasteiger partial charge in [0.15, 0.2) is 8.68 Å². The topological polar surface area (TPSA) is 76.5 Å². The molecule has 0 atom stereocenters. The smallest absolute Gasteiger partial charge is 0.250 e. The van der Waals surface area contributed by atoms with Crippen LogP contribution in [0.5, 0.6) is 5.75 Å². The fourth-order valence-electron chi connectivity index (χ4n) is 2.17. The van der Waals surface area contributed by atoms with Crippen LogP contribution in [0.15, 0.2) is 60.7 Å². The van der Waals surface area contributed by atoms with Crippen molar-refractivity contribution >= 4 is 74.5 Å². The third kappa shape index (κ3) is 6.98. The van der Waals surface area contributed by atoms with Crippen LogP contribution in [0.3, 0.4) is 0 Å². The standard InChI is InChI=1S/C19H16BrClN4O2S3/c1-27-16-7-6-12(8-14(16)20)9-22-23-17(26)11-29-19-25-24-18(30-19)28-10-13-4-2-3-5-15(13)21/h2-9H,10-11H2,1H3,(H,23,26)/b22-9+. The van der Waals surface area contributed by atoms with Crippen molar-refractivity contribution < 1.29 is 9.53 Å². The first-order chi connectivity index (χ1) is 14.5. The fourth-order valence-corrected chi connectivity index (χ4v) is 5.83. The molecule has 0 radical (unpaired) electrons. The highest BCUT2D eigenvalue weighted by Gasteiger charge is 2.09. The molecular weight excluding hydrogens is 528 g/mol. The summed E-state index contributed by atoms with van der Waals surface area (Å²) in [4.78, 5) is 12.0. The summed E-state index contributed by atoms with van der Waals surface area (Å²) < 4.78 is 7.56. The molecule has 1 heterocycles. The Hall–Kier alpha value is -1.59. The van der Waals surface area contributed by atoms with E-state index in [4.69, 9.17) is 16.3 Å². The van der Waals surface area contributed by atoms with E-state index in [1.165, 1.54) is 23.1 Å². The Morgan fingerprint density at radius 3 is 2.77 bits per heavy atom. The Bertz CT molecular complexity index is 1050. The Kier molecular flexibility index (Phi) is 9.01. The highest BCUT2D eigenvalue weighted by molar-refractivity contribution is 9.10. The van der Waals surface area contributed by atoms with Crippen LogP contribution in [0.1, 0.15) is 11.1 Å². The van der Waals surface area contributed by atoms with Crippen molar-refractivity contribution in [1.82, 2.24) is 15.6 Å². The minimum atomic E-state index is -0.218. The van der Waals surface area contributed by atoms with Gasteiger partial charge in [0, 0.05) is 10.8 Å². The number of ether oxygens (including phenoxy) is 1. The van der Waals surface area contributed by atoms with Gasteiger partial charge in [0.25, 0.3) is 5.91 Å². The van der Waals surface area contributed by atoms with Crippen molar-refractivity contribution in [2.45, 2.75) is 14.4 Å². The summed E-state index contributed by atoms with van der Waals surface area (Å²) in [5, 5.41) is 13.0. The van der Waals surface area contributed by atoms with Gasteiger partial charge >= 0.3 is 0 Å². The molecule has 2 aromatic carbocycles. The summed E-state index contributed by atoms with van der Waals surface area (Å²) in [6.45, 7) is 0. The Morgan fingerprint density at radius 2 is 2.03 bits per heavy atom. The van der Waals surface area contributed by atoms with E-state index in [1.807, 2.05) is 42.5 Å². The third-order valence-electron chi connectivity index (χ3n) is 3.60. The van der Waals surface area contributed by atoms with E-state index in [0.29, 0.717) is 0 Å². The molecule has 3 aromatic rings. The molecule has 0 unspecified atom stereocenters. The number of carbonyl (C=O) groups excluding carboxylic acids is 1. The first kappa shape index (κ1) is 23.1. The molecule has 0 fully saturated rings. The van der Waals surface area contributed by atoms with Crippen molar-refractivity contribution in [3.8, 4) is 5.75 Å². The number of rotatable bonds is 9. The predicted octanol–water partition coefficient (Wildman–Crippen LogP) is 5.50. The molecular formula is C19H16BrClN4O2S3. The van der Waals surface area contributed by atoms with Gasteiger partial charge in [-0.25, -0.2) is 5.43 Å². The number of methoxy groups -OCH3 is 1. The molecule has 30 heavy (non-hydrogen) atoms. The molecule has 6 nitrogen and oxygen atoms in total. The number of hydrazone groups is 1. The molecule has 0 spiro atoms. The van der Waals surface area contributed by atoms with Crippen molar-refractivity contribution in [3.63, 3.8) is 0 Å². The predicted molar refractivity (Wildman–Crippen MR) is 128 cm³/mol. The average Bonchev–Trinajstić information content (AvgIpc) is 3.20. The summed E-state index contributed by atoms with van der Waals surface area (Å²) in [6.07, 6.45) is 1.57. The SMILES string of the molecule is COc1ccc(/C=N/NC(=O)CSc2nnc(SCc3ccccc3Cl)s2)cc1Br. The number of benzene rings is 2. The van der Waals surface area contributed by atoms with Crippen molar-refractivity contribution in [2.75, 3.05) is 12.9 Å². The lowest BCUT2D eigenvalue weighted by Gasteiger charge is -2.03. The van der Waals surface area contributed by atoms with Crippen LogP contribution in [0.2, 0.25) is 5.02 Å². The minimum absolute atomic E-state index is 0.202. The van der Waals surface area contributed by atoms with E-state index in [2.05, 4.69) is 36.7 Å². The van der Waals surface area contributed by atoms with Crippen LogP contribution < -0.4 is 10.2 Å². The number of amides is 1. The zero-order chi connectivity index (χ0) is 21.3. The Morgan fingerprint density at radius 1 is 1.27 bits per heavy atom. The highest BCUT2D eigenvalue weighted by atomic mass is 79.9. The van der Waals surface area contributed by atoms with E-state index in [0.717, 1.165) is 40.8 Å². The Labute approximate surface area is 200 Å². The minimum Gasteiger partial charge on any atom is -0.496 e. The number of halogens is 2. The molecule has 0 aliphatic rings. The van der Waals surface area contributed by atoms with Crippen LogP contribution in [0.4, 0.5) is 0 Å². The maximum absolute atomic E-state index is 12.0. The van der Waals surface area contributed by atoms with Gasteiger partial charge < -0.3 is 4.74 Å². The maximum Gasteiger partial charge on any atom is 0.250 e. The average molecular weight is 544 g/mol. The van der Waals surface area contributed by atoms with E-state index in [1.54, 1.807) is 25.1 Å². The van der Waals surface area contributed by atoms with E-state index >= 15 is 0 Å². The van der Waals surface area contributed by atoms with E-state index in [-0.39, 0.29) is 11.7 Å². The highest BCUT2D eigenvalue weighted by Crippen LogP contribution is 2.32. The van der Waals surface area contributed by atoms with Gasteiger partial charge in [-0.3, -0.25) is 4.79 Å². The number of carbonyl (C=O) groups is 1. The maximum atomic E-state index is 12.0. The fraction of sp³-hybridized carbons (Fsp3) is 0.158. The number of nitrogens with one attached hydrogen (secondary N) is 1. The number of aromatic nitrogens is 2. The summed E-state index contributed by atoms with van der Waals surface area (Å²) in [7, 11) is 1.60. The molecule has 1 aromatic heterocycles. The van der Waals surface area contributed by atoms with Gasteiger partial charge in [0.1, 0.15) is 5.75 Å². The van der Waals surface area contributed by atoms with Crippen molar-refractivity contribution in [3.05, 3.63) is 63.1 Å². The monoisotopic (exact) mass is 542 g/mol. The molecule has 0 saturated heterocycles. The van der Waals surface area contributed by atoms with Gasteiger partial charge in [0.05, 0.1) is 23.5 Å². The van der Waals surface area contributed by atoms with Gasteiger partial charge in [-0.15, -0.1) is 10.2 Å². The largest absolute Gasteiger partial charge is 0.496 e. The van der Waals surface area contributed by atoms with Crippen molar-refractivity contribution in [1.29, 1.82) is 0 Å². The normalized spacial score (nSPS) is 11.0. The lowest BCUT2D eigenvalue weighted by Crippen LogP contribution is -2.19. The number of hydrogen-bond donors (Lipinski definition) is 1.